The molecule has 1 aromatic carbocycles. The fourth-order valence-corrected chi connectivity index (χ4v) is 14.1. The van der Waals surface area contributed by atoms with Crippen LogP contribution in [0.25, 0.3) is 0 Å². The lowest BCUT2D eigenvalue weighted by Crippen LogP contribution is -2.46. The van der Waals surface area contributed by atoms with E-state index in [0.29, 0.717) is 167 Å². The number of urea groups is 2. The summed E-state index contributed by atoms with van der Waals surface area (Å²) in [5.74, 6) is -1.09. The van der Waals surface area contributed by atoms with Gasteiger partial charge in [-0.05, 0) is 82.4 Å². The molecule has 4 saturated heterocycles. The number of amides is 11. The standard InChI is InChI=1S/C60H99N11O18S3/c1-42(72)67-39-50(92(81,82)83)58(78)66-19-9-3-2-8-18-63-55(75)43-36-44(56(76)64-22-12-26-86-30-34-88-32-28-84-24-10-20-61-51(73)16-6-4-14-48-53-46(40-90-48)68-59(79)70-53)38-45(37-43)57(77)65-23-13-27-87-31-35-89-33-29-85-25-11-21-62-52(74)17-7-5-15-49-54-47(41-91-49)69-60(80)71-54/h36-38,46-50,53-54H,2-35,39-41H2,1H3,(H,61,73)(H,62,74)(H,63,75)(H,64,76)(H,65,77)(H,66,78)(H,67,72)(H2,68,70,79)(H2,69,71,80)(H,81,82,83). The molecule has 0 spiro atoms. The van der Waals surface area contributed by atoms with Gasteiger partial charge in [0, 0.05) is 131 Å². The molecule has 0 aliphatic carbocycles. The molecule has 5 rings (SSSR count). The van der Waals surface area contributed by atoms with Gasteiger partial charge in [-0.15, -0.1) is 0 Å². The van der Waals surface area contributed by atoms with Gasteiger partial charge in [0.2, 0.25) is 23.6 Å². The van der Waals surface area contributed by atoms with Gasteiger partial charge in [0.15, 0.2) is 5.25 Å². The van der Waals surface area contributed by atoms with E-state index in [1.807, 2.05) is 23.5 Å². The van der Waals surface area contributed by atoms with E-state index in [1.54, 1.807) is 0 Å². The first-order valence-electron chi connectivity index (χ1n) is 32.3. The number of benzene rings is 1. The van der Waals surface area contributed by atoms with E-state index >= 15 is 0 Å². The molecule has 4 aliphatic rings. The lowest BCUT2D eigenvalue weighted by Gasteiger charge is -2.16. The Morgan fingerprint density at radius 1 is 0.467 bits per heavy atom. The highest BCUT2D eigenvalue weighted by Crippen LogP contribution is 2.34. The van der Waals surface area contributed by atoms with Crippen LogP contribution in [0.15, 0.2) is 18.2 Å². The van der Waals surface area contributed by atoms with Gasteiger partial charge in [0.05, 0.1) is 77.0 Å². The average molecular weight is 1360 g/mol. The van der Waals surface area contributed by atoms with Crippen LogP contribution in [0.3, 0.4) is 0 Å². The minimum atomic E-state index is -4.75. The van der Waals surface area contributed by atoms with Gasteiger partial charge in [0.25, 0.3) is 27.8 Å². The highest BCUT2D eigenvalue weighted by molar-refractivity contribution is 8.00. The maximum atomic E-state index is 13.4. The van der Waals surface area contributed by atoms with Gasteiger partial charge in [-0.2, -0.15) is 31.9 Å². The Morgan fingerprint density at radius 3 is 1.18 bits per heavy atom. The van der Waals surface area contributed by atoms with E-state index in [1.165, 1.54) is 18.2 Å². The summed E-state index contributed by atoms with van der Waals surface area (Å²) in [7, 11) is -4.75. The summed E-state index contributed by atoms with van der Waals surface area (Å²) in [6.45, 7) is 7.09. The highest BCUT2D eigenvalue weighted by Gasteiger charge is 2.43. The van der Waals surface area contributed by atoms with Crippen LogP contribution in [0.4, 0.5) is 9.59 Å². The number of rotatable bonds is 52. The van der Waals surface area contributed by atoms with Crippen LogP contribution < -0.4 is 58.5 Å². The lowest BCUT2D eigenvalue weighted by atomic mass is 10.0. The number of carbonyl (C=O) groups is 9. The van der Waals surface area contributed by atoms with E-state index in [0.717, 1.165) is 57.0 Å². The quantitative estimate of drug-likeness (QED) is 0.0248. The van der Waals surface area contributed by atoms with E-state index < -0.39 is 51.4 Å². The normalized spacial score (nSPS) is 19.2. The largest absolute Gasteiger partial charge is 0.379 e. The van der Waals surface area contributed by atoms with E-state index in [-0.39, 0.29) is 90.9 Å². The van der Waals surface area contributed by atoms with Gasteiger partial charge in [0.1, 0.15) is 0 Å². The minimum absolute atomic E-state index is 0.0250. The van der Waals surface area contributed by atoms with E-state index in [9.17, 15) is 56.1 Å². The van der Waals surface area contributed by atoms with Crippen LogP contribution in [0.1, 0.15) is 141 Å². The second kappa shape index (κ2) is 44.9. The second-order valence-electron chi connectivity index (χ2n) is 22.7. The van der Waals surface area contributed by atoms with Crippen molar-refractivity contribution in [1.82, 2.24) is 58.5 Å². The Hall–Kier alpha value is -5.58. The Bertz CT molecular complexity index is 2460. The predicted octanol–water partition coefficient (Wildman–Crippen LogP) is 1.29. The van der Waals surface area contributed by atoms with Crippen LogP contribution in [0, 0.1) is 0 Å². The Labute approximate surface area is 548 Å². The van der Waals surface area contributed by atoms with Crippen molar-refractivity contribution in [1.29, 1.82) is 0 Å². The third-order valence-corrected chi connectivity index (χ3v) is 19.4. The van der Waals surface area contributed by atoms with Crippen molar-refractivity contribution in [3.63, 3.8) is 0 Å². The molecule has 29 nitrogen and oxygen atoms in total. The van der Waals surface area contributed by atoms with Crippen molar-refractivity contribution in [3.05, 3.63) is 34.9 Å². The molecule has 520 valence electrons. The number of thioether (sulfide) groups is 2. The molecule has 0 aromatic heterocycles. The van der Waals surface area contributed by atoms with Crippen LogP contribution in [-0.2, 0) is 57.7 Å². The van der Waals surface area contributed by atoms with Crippen molar-refractivity contribution >= 4 is 87.1 Å². The molecular formula is C60H99N11O18S3. The van der Waals surface area contributed by atoms with Crippen LogP contribution in [0.5, 0.6) is 0 Å². The molecule has 11 amide bonds. The molecule has 4 aliphatic heterocycles. The molecule has 92 heavy (non-hydrogen) atoms. The highest BCUT2D eigenvalue weighted by atomic mass is 32.2. The molecule has 0 bridgehead atoms. The predicted molar refractivity (Wildman–Crippen MR) is 346 cm³/mol. The van der Waals surface area contributed by atoms with Crippen molar-refractivity contribution in [2.24, 2.45) is 0 Å². The molecule has 32 heteroatoms. The molecule has 7 unspecified atom stereocenters. The van der Waals surface area contributed by atoms with Gasteiger partial charge >= 0.3 is 12.1 Å². The van der Waals surface area contributed by atoms with Crippen LogP contribution in [0.2, 0.25) is 0 Å². The number of ether oxygens (including phenoxy) is 6. The van der Waals surface area contributed by atoms with Gasteiger partial charge in [-0.25, -0.2) is 9.59 Å². The molecule has 4 heterocycles. The smallest absolute Gasteiger partial charge is 0.315 e. The summed E-state index contributed by atoms with van der Waals surface area (Å²) in [6.07, 6.45) is 11.0. The van der Waals surface area contributed by atoms with Gasteiger partial charge in [-0.3, -0.25) is 38.1 Å². The minimum Gasteiger partial charge on any atom is -0.379 e. The van der Waals surface area contributed by atoms with Crippen LogP contribution in [-0.4, -0.2) is 243 Å². The van der Waals surface area contributed by atoms with Crippen molar-refractivity contribution < 1.29 is 84.5 Å². The Balaban J connectivity index is 0.892. The zero-order valence-corrected chi connectivity index (χ0v) is 55.5. The van der Waals surface area contributed by atoms with Crippen molar-refractivity contribution in [3.8, 4) is 0 Å². The fourth-order valence-electron chi connectivity index (χ4n) is 10.4. The van der Waals surface area contributed by atoms with Gasteiger partial charge < -0.3 is 86.9 Å². The van der Waals surface area contributed by atoms with Crippen LogP contribution >= 0.6 is 23.5 Å². The maximum absolute atomic E-state index is 13.4. The van der Waals surface area contributed by atoms with E-state index in [2.05, 4.69) is 58.5 Å². The molecule has 1 aromatic rings. The lowest BCUT2D eigenvalue weighted by molar-refractivity contribution is -0.122. The topological polar surface area (TPSA) is 396 Å². The zero-order valence-electron chi connectivity index (χ0n) is 53.0. The summed E-state index contributed by atoms with van der Waals surface area (Å²) >= 11 is 3.75. The first-order valence-corrected chi connectivity index (χ1v) is 35.9. The molecule has 7 atom stereocenters. The first-order chi connectivity index (χ1) is 44.5. The summed E-state index contributed by atoms with van der Waals surface area (Å²) in [5.41, 5.74) is 0.305. The van der Waals surface area contributed by atoms with Crippen molar-refractivity contribution in [2.75, 3.05) is 137 Å². The Morgan fingerprint density at radius 2 is 0.815 bits per heavy atom. The molecule has 0 saturated carbocycles. The SMILES string of the molecule is CC(=O)NCC(C(=O)NCCCCCCNC(=O)c1cc(C(=O)NCCCOCCOCCOCCCNC(=O)CCCCC2SCC3NC(=O)NC32)cc(C(=O)NCCCOCCOCCOCCCNC(=O)CCCCC2SCC3NC(=O)NC32)c1)S(=O)(=O)O. The summed E-state index contributed by atoms with van der Waals surface area (Å²) < 4.78 is 66.5. The number of nitrogens with one attached hydrogen (secondary N) is 11. The zero-order chi connectivity index (χ0) is 66.2. The molecule has 4 fully saturated rings. The third kappa shape index (κ3) is 31.6. The molecule has 12 N–H and O–H groups in total. The third-order valence-electron chi connectivity index (χ3n) is 15.3. The maximum Gasteiger partial charge on any atom is 0.315 e. The number of fused-ring (bicyclic) bond motifs is 2. The average Bonchev–Trinajstić information content (AvgIpc) is 1.81. The fraction of sp³-hybridized carbons (Fsp3) is 0.750. The number of carbonyl (C=O) groups excluding carboxylic acids is 9. The number of hydrogen-bond acceptors (Lipinski definition) is 19. The number of hydrogen-bond donors (Lipinski definition) is 12. The Kier molecular flexibility index (Phi) is 37.7. The molecule has 0 radical (unpaired) electrons. The summed E-state index contributed by atoms with van der Waals surface area (Å²) in [5, 5.41) is 29.8. The monoisotopic (exact) mass is 1360 g/mol. The summed E-state index contributed by atoms with van der Waals surface area (Å²) in [6, 6.07) is 4.84. The van der Waals surface area contributed by atoms with Crippen molar-refractivity contribution in [2.45, 2.75) is 150 Å². The number of unbranched alkanes of at least 4 members (excludes halogenated alkanes) is 5. The first kappa shape index (κ1) is 77.1. The second-order valence-corrected chi connectivity index (χ2v) is 26.9. The van der Waals surface area contributed by atoms with E-state index in [4.69, 9.17) is 28.4 Å². The molecular weight excluding hydrogens is 1260 g/mol. The van der Waals surface area contributed by atoms with Gasteiger partial charge in [-0.1, -0.05) is 25.7 Å². The summed E-state index contributed by atoms with van der Waals surface area (Å²) in [4.78, 5) is 111.